The molecule has 0 bridgehead atoms. The summed E-state index contributed by atoms with van der Waals surface area (Å²) < 4.78 is 10.9. The Labute approximate surface area is 210 Å². The van der Waals surface area contributed by atoms with E-state index in [9.17, 15) is 20.1 Å². The smallest absolute Gasteiger partial charge is 0.167 e. The Hall–Kier alpha value is -1.73. The van der Waals surface area contributed by atoms with Gasteiger partial charge in [-0.25, -0.2) is 0 Å². The summed E-state index contributed by atoms with van der Waals surface area (Å²) in [6, 6.07) is 4.85. The van der Waals surface area contributed by atoms with Gasteiger partial charge in [0.25, 0.3) is 0 Å². The molecular weight excluding hydrogens is 478 g/mol. The van der Waals surface area contributed by atoms with Crippen molar-refractivity contribution < 1.29 is 44.9 Å². The van der Waals surface area contributed by atoms with Gasteiger partial charge < -0.3 is 44.9 Å². The van der Waals surface area contributed by atoms with Crippen LogP contribution in [0.3, 0.4) is 0 Å². The molecule has 6 N–H and O–H groups in total. The van der Waals surface area contributed by atoms with Gasteiger partial charge >= 0.3 is 0 Å². The zero-order valence-corrected chi connectivity index (χ0v) is 21.7. The lowest BCUT2D eigenvalue weighted by molar-refractivity contribution is -0.144. The van der Waals surface area contributed by atoms with E-state index < -0.39 is 36.6 Å². The lowest BCUT2D eigenvalue weighted by Gasteiger charge is -2.28. The van der Waals surface area contributed by atoms with Crippen LogP contribution in [0.25, 0.3) is 0 Å². The number of rotatable bonds is 12. The second-order valence-electron chi connectivity index (χ2n) is 9.06. The summed E-state index contributed by atoms with van der Waals surface area (Å²) >= 11 is 1.44. The van der Waals surface area contributed by atoms with Gasteiger partial charge in [0.1, 0.15) is 41.3 Å². The molecule has 1 aromatic rings. The van der Waals surface area contributed by atoms with Crippen LogP contribution in [-0.2, 0) is 9.53 Å². The third-order valence-corrected chi connectivity index (χ3v) is 6.12. The fourth-order valence-electron chi connectivity index (χ4n) is 3.09. The predicted molar refractivity (Wildman–Crippen MR) is 134 cm³/mol. The lowest BCUT2D eigenvalue weighted by Crippen LogP contribution is -2.46. The number of thioether (sulfide) groups is 1. The van der Waals surface area contributed by atoms with Gasteiger partial charge in [-0.1, -0.05) is 6.07 Å². The Kier molecular flexibility index (Phi) is 13.2. The molecule has 0 radical (unpaired) electrons. The van der Waals surface area contributed by atoms with E-state index in [0.29, 0.717) is 28.5 Å². The second kappa shape index (κ2) is 14.7. The van der Waals surface area contributed by atoms with Crippen molar-refractivity contribution >= 4 is 23.1 Å². The Balaban J connectivity index is 0.000000383. The molecule has 0 aliphatic carbocycles. The molecule has 35 heavy (non-hydrogen) atoms. The van der Waals surface area contributed by atoms with Crippen molar-refractivity contribution in [3.8, 4) is 11.5 Å². The van der Waals surface area contributed by atoms with E-state index in [1.807, 2.05) is 13.8 Å². The van der Waals surface area contributed by atoms with Crippen LogP contribution in [0.1, 0.15) is 46.6 Å². The van der Waals surface area contributed by atoms with Gasteiger partial charge in [0.05, 0.1) is 24.4 Å². The summed E-state index contributed by atoms with van der Waals surface area (Å²) in [7, 11) is 0. The van der Waals surface area contributed by atoms with Crippen molar-refractivity contribution in [1.82, 2.24) is 0 Å². The van der Waals surface area contributed by atoms with Crippen LogP contribution in [0, 0.1) is 0 Å². The zero-order valence-electron chi connectivity index (χ0n) is 20.9. The van der Waals surface area contributed by atoms with Crippen molar-refractivity contribution in [1.29, 1.82) is 0 Å². The van der Waals surface area contributed by atoms with Gasteiger partial charge in [0.2, 0.25) is 0 Å². The molecule has 10 nitrogen and oxygen atoms in total. The van der Waals surface area contributed by atoms with Gasteiger partial charge in [0, 0.05) is 18.8 Å². The summed E-state index contributed by atoms with van der Waals surface area (Å²) in [5.41, 5.74) is -0.0116. The van der Waals surface area contributed by atoms with Crippen molar-refractivity contribution in [3.05, 3.63) is 23.8 Å². The summed E-state index contributed by atoms with van der Waals surface area (Å²) in [4.78, 5) is 15.0. The number of carbonyl (C=O) groups excluding carboxylic acids is 1. The summed E-state index contributed by atoms with van der Waals surface area (Å²) in [6.07, 6.45) is -3.44. The zero-order chi connectivity index (χ0) is 26.8. The number of para-hydroxylation sites is 1. The molecular formula is C24H39NO9S. The first-order chi connectivity index (χ1) is 16.4. The average molecular weight is 518 g/mol. The summed E-state index contributed by atoms with van der Waals surface area (Å²) in [5, 5.41) is 56.8. The average Bonchev–Trinajstić information content (AvgIpc) is 3.27. The molecule has 1 heterocycles. The maximum absolute atomic E-state index is 10.8. The predicted octanol–water partition coefficient (Wildman–Crippen LogP) is 0.868. The van der Waals surface area contributed by atoms with Crippen LogP contribution >= 0.6 is 11.8 Å². The molecule has 5 atom stereocenters. The Morgan fingerprint density at radius 1 is 1.17 bits per heavy atom. The summed E-state index contributed by atoms with van der Waals surface area (Å²) in [6.45, 7) is 8.17. The third kappa shape index (κ3) is 10.0. The number of aliphatic hydroxyl groups is 5. The molecule has 0 fully saturated rings. The number of carbonyl (C=O) groups is 1. The van der Waals surface area contributed by atoms with Crippen LogP contribution in [0.4, 0.5) is 0 Å². The Bertz CT molecular complexity index is 816. The molecule has 4 unspecified atom stereocenters. The topological polar surface area (TPSA) is 169 Å². The maximum atomic E-state index is 10.8. The van der Waals surface area contributed by atoms with Crippen molar-refractivity contribution in [3.63, 3.8) is 0 Å². The molecule has 2 rings (SSSR count). The molecule has 1 aromatic carbocycles. The number of aliphatic hydroxyl groups excluding tert-OH is 5. The van der Waals surface area contributed by atoms with Gasteiger partial charge in [-0.2, -0.15) is 0 Å². The number of phenolic OH excluding ortho intramolecular Hbond substituents is 1. The highest BCUT2D eigenvalue weighted by molar-refractivity contribution is 8.14. The van der Waals surface area contributed by atoms with E-state index in [4.69, 9.17) is 24.8 Å². The molecule has 200 valence electrons. The number of aromatic hydroxyl groups is 1. The second-order valence-corrected chi connectivity index (χ2v) is 10.1. The molecule has 1 aliphatic heterocycles. The minimum atomic E-state index is -1.31. The maximum Gasteiger partial charge on any atom is 0.167 e. The number of nitrogens with zero attached hydrogens (tertiary/aromatic N) is 1. The number of ether oxygens (including phenoxy) is 2. The SMILES string of the molecule is CC(C)(CCO)Oc1cccc(C2=NC(C=O)CS2)c1O.CC(C)OC(CO)C(O)C(O)[C@H](C)O. The molecule has 0 saturated heterocycles. The molecule has 11 heteroatoms. The number of phenols is 1. The lowest BCUT2D eigenvalue weighted by atomic mass is 10.0. The number of aliphatic imine (C=N–C) groups is 1. The first kappa shape index (κ1) is 31.3. The molecule has 0 aromatic heterocycles. The normalized spacial score (nSPS) is 19.3. The van der Waals surface area contributed by atoms with Crippen LogP contribution in [0.5, 0.6) is 11.5 Å². The van der Waals surface area contributed by atoms with E-state index >= 15 is 0 Å². The van der Waals surface area contributed by atoms with Crippen LogP contribution in [0.2, 0.25) is 0 Å². The number of hydrogen-bond donors (Lipinski definition) is 6. The fourth-order valence-corrected chi connectivity index (χ4v) is 4.10. The molecule has 0 amide bonds. The van der Waals surface area contributed by atoms with Crippen LogP contribution < -0.4 is 4.74 Å². The van der Waals surface area contributed by atoms with E-state index in [0.717, 1.165) is 6.29 Å². The number of hydrogen-bond acceptors (Lipinski definition) is 11. The number of aldehydes is 1. The monoisotopic (exact) mass is 517 g/mol. The molecule has 1 aliphatic rings. The van der Waals surface area contributed by atoms with E-state index in [2.05, 4.69) is 4.99 Å². The highest BCUT2D eigenvalue weighted by Gasteiger charge is 2.30. The van der Waals surface area contributed by atoms with Gasteiger partial charge in [-0.3, -0.25) is 4.99 Å². The highest BCUT2D eigenvalue weighted by Crippen LogP contribution is 2.37. The van der Waals surface area contributed by atoms with Gasteiger partial charge in [0.15, 0.2) is 11.5 Å². The van der Waals surface area contributed by atoms with Crippen molar-refractivity contribution in [2.75, 3.05) is 19.0 Å². The van der Waals surface area contributed by atoms with Crippen LogP contribution in [0.15, 0.2) is 23.2 Å². The third-order valence-electron chi connectivity index (χ3n) is 5.01. The van der Waals surface area contributed by atoms with E-state index in [1.54, 1.807) is 32.0 Å². The van der Waals surface area contributed by atoms with E-state index in [1.165, 1.54) is 18.7 Å². The van der Waals surface area contributed by atoms with Gasteiger partial charge in [-0.15, -0.1) is 11.8 Å². The van der Waals surface area contributed by atoms with Gasteiger partial charge in [-0.05, 0) is 46.8 Å². The highest BCUT2D eigenvalue weighted by atomic mass is 32.2. The number of benzene rings is 1. The largest absolute Gasteiger partial charge is 0.504 e. The Morgan fingerprint density at radius 3 is 2.31 bits per heavy atom. The summed E-state index contributed by atoms with van der Waals surface area (Å²) in [5.74, 6) is 0.962. The first-order valence-corrected chi connectivity index (χ1v) is 12.4. The minimum absolute atomic E-state index is 0.0109. The van der Waals surface area contributed by atoms with Crippen molar-refractivity contribution in [2.24, 2.45) is 4.99 Å². The molecule has 0 saturated carbocycles. The fraction of sp³-hybridized carbons (Fsp3) is 0.667. The minimum Gasteiger partial charge on any atom is -0.504 e. The Morgan fingerprint density at radius 2 is 1.83 bits per heavy atom. The molecule has 0 spiro atoms. The quantitative estimate of drug-likeness (QED) is 0.219. The van der Waals surface area contributed by atoms with E-state index in [-0.39, 0.29) is 24.5 Å². The van der Waals surface area contributed by atoms with Crippen LogP contribution in [-0.4, -0.2) is 103 Å². The standard InChI is InChI=1S/C15H19NO4S.C9H20O5/c1-15(2,6-7-17)20-12-5-3-4-11(13(12)19)14-16-10(8-18)9-21-14;1-5(2)14-7(4-10)9(13)8(12)6(3)11/h3-5,8,10,17,19H,6-7,9H2,1-2H3;5-13H,4H2,1-3H3/t;6-,7?,8?,9?/m.0/s1. The van der Waals surface area contributed by atoms with Crippen molar-refractivity contribution in [2.45, 2.75) is 83.2 Å². The first-order valence-electron chi connectivity index (χ1n) is 11.5.